The molecule has 0 bridgehead atoms. The van der Waals surface area contributed by atoms with E-state index in [1.54, 1.807) is 10.4 Å². The molecule has 0 saturated heterocycles. The van der Waals surface area contributed by atoms with Crippen LogP contribution in [0.5, 0.6) is 0 Å². The Hall–Kier alpha value is -0.340. The fraction of sp³-hybridized carbons (Fsp3) is 0.692. The first-order chi connectivity index (χ1) is 7.42. The fourth-order valence-corrected chi connectivity index (χ4v) is 3.53. The minimum atomic E-state index is 0.778. The topological polar surface area (TPSA) is 12.0 Å². The standard InChI is InChI=1S/C13H21NS/c1-2-14-10-12-7-5-3-4-6-11-8-9-15-13(11)12/h8-9,12,14H,2-7,10H2,1H3/t12-/m0/s1. The van der Waals surface area contributed by atoms with E-state index in [-0.39, 0.29) is 0 Å². The van der Waals surface area contributed by atoms with Gasteiger partial charge >= 0.3 is 0 Å². The number of hydrogen-bond donors (Lipinski definition) is 1. The zero-order valence-corrected chi connectivity index (χ0v) is 10.4. The van der Waals surface area contributed by atoms with E-state index in [4.69, 9.17) is 0 Å². The minimum Gasteiger partial charge on any atom is -0.316 e. The SMILES string of the molecule is CCNC[C@@H]1CCCCCc2ccsc21. The van der Waals surface area contributed by atoms with Gasteiger partial charge in [0.15, 0.2) is 0 Å². The Morgan fingerprint density at radius 2 is 2.33 bits per heavy atom. The maximum Gasteiger partial charge on any atom is 0.0121 e. The summed E-state index contributed by atoms with van der Waals surface area (Å²) in [6, 6.07) is 2.34. The number of fused-ring (bicyclic) bond motifs is 1. The molecule has 0 amide bonds. The van der Waals surface area contributed by atoms with Gasteiger partial charge in [-0.1, -0.05) is 19.8 Å². The number of aryl methyl sites for hydroxylation is 1. The Bertz CT molecular complexity index is 292. The summed E-state index contributed by atoms with van der Waals surface area (Å²) in [6.07, 6.45) is 6.89. The van der Waals surface area contributed by atoms with Crippen molar-refractivity contribution >= 4 is 11.3 Å². The molecule has 2 heteroatoms. The van der Waals surface area contributed by atoms with Crippen molar-refractivity contribution < 1.29 is 0 Å². The Morgan fingerprint density at radius 1 is 1.40 bits per heavy atom. The first kappa shape index (κ1) is 11.2. The lowest BCUT2D eigenvalue weighted by Crippen LogP contribution is -2.21. The second-order valence-corrected chi connectivity index (χ2v) is 5.36. The lowest BCUT2D eigenvalue weighted by Gasteiger charge is -2.20. The molecule has 1 N–H and O–H groups in total. The van der Waals surface area contributed by atoms with Crippen LogP contribution in [0.25, 0.3) is 0 Å². The molecule has 84 valence electrons. The Morgan fingerprint density at radius 3 is 3.20 bits per heavy atom. The van der Waals surface area contributed by atoms with Gasteiger partial charge < -0.3 is 5.32 Å². The third-order valence-corrected chi connectivity index (χ3v) is 4.41. The third-order valence-electron chi connectivity index (χ3n) is 3.29. The number of rotatable bonds is 3. The molecular formula is C13H21NS. The number of hydrogen-bond acceptors (Lipinski definition) is 2. The van der Waals surface area contributed by atoms with E-state index in [0.717, 1.165) is 12.5 Å². The number of thiophene rings is 1. The summed E-state index contributed by atoms with van der Waals surface area (Å²) in [5.41, 5.74) is 1.63. The highest BCUT2D eigenvalue weighted by Gasteiger charge is 2.18. The van der Waals surface area contributed by atoms with Gasteiger partial charge in [-0.2, -0.15) is 0 Å². The molecule has 0 unspecified atom stereocenters. The number of likely N-dealkylation sites (N-methyl/N-ethyl adjacent to an activating group) is 1. The second-order valence-electron chi connectivity index (χ2n) is 4.41. The fourth-order valence-electron chi connectivity index (χ4n) is 2.44. The molecule has 1 aromatic heterocycles. The summed E-state index contributed by atoms with van der Waals surface area (Å²) in [6.45, 7) is 4.46. The average molecular weight is 223 g/mol. The van der Waals surface area contributed by atoms with Crippen molar-refractivity contribution in [3.05, 3.63) is 21.9 Å². The highest BCUT2D eigenvalue weighted by Crippen LogP contribution is 2.33. The molecule has 1 nitrogen and oxygen atoms in total. The van der Waals surface area contributed by atoms with Crippen LogP contribution in [0.4, 0.5) is 0 Å². The molecule has 0 radical (unpaired) electrons. The van der Waals surface area contributed by atoms with Gasteiger partial charge in [-0.25, -0.2) is 0 Å². The molecule has 2 rings (SSSR count). The molecule has 15 heavy (non-hydrogen) atoms. The summed E-state index contributed by atoms with van der Waals surface area (Å²) < 4.78 is 0. The lowest BCUT2D eigenvalue weighted by molar-refractivity contribution is 0.511. The quantitative estimate of drug-likeness (QED) is 0.826. The summed E-state index contributed by atoms with van der Waals surface area (Å²) in [5, 5.41) is 5.78. The van der Waals surface area contributed by atoms with E-state index in [2.05, 4.69) is 23.7 Å². The zero-order valence-electron chi connectivity index (χ0n) is 9.59. The summed E-state index contributed by atoms with van der Waals surface area (Å²) in [5.74, 6) is 0.778. The molecular weight excluding hydrogens is 202 g/mol. The monoisotopic (exact) mass is 223 g/mol. The van der Waals surface area contributed by atoms with E-state index in [1.807, 2.05) is 11.3 Å². The van der Waals surface area contributed by atoms with Gasteiger partial charge in [-0.05, 0) is 42.8 Å². The molecule has 0 aliphatic heterocycles. The van der Waals surface area contributed by atoms with E-state index >= 15 is 0 Å². The predicted octanol–water partition coefficient (Wildman–Crippen LogP) is 3.56. The molecule has 1 aromatic rings. The lowest BCUT2D eigenvalue weighted by atomic mass is 9.91. The van der Waals surface area contributed by atoms with Gasteiger partial charge in [0, 0.05) is 17.3 Å². The molecule has 0 saturated carbocycles. The molecule has 1 aliphatic carbocycles. The maximum atomic E-state index is 3.50. The van der Waals surface area contributed by atoms with Gasteiger partial charge in [-0.15, -0.1) is 11.3 Å². The van der Waals surface area contributed by atoms with E-state index in [0.29, 0.717) is 0 Å². The second kappa shape index (κ2) is 5.66. The largest absolute Gasteiger partial charge is 0.316 e. The van der Waals surface area contributed by atoms with Gasteiger partial charge in [-0.3, -0.25) is 0 Å². The average Bonchev–Trinajstić information content (AvgIpc) is 2.65. The van der Waals surface area contributed by atoms with Crippen molar-refractivity contribution in [3.8, 4) is 0 Å². The molecule has 0 spiro atoms. The zero-order chi connectivity index (χ0) is 10.5. The Labute approximate surface area is 96.9 Å². The van der Waals surface area contributed by atoms with E-state index in [1.165, 1.54) is 38.6 Å². The van der Waals surface area contributed by atoms with Crippen molar-refractivity contribution in [3.63, 3.8) is 0 Å². The normalized spacial score (nSPS) is 21.8. The third kappa shape index (κ3) is 2.82. The van der Waals surface area contributed by atoms with Crippen molar-refractivity contribution in [2.24, 2.45) is 0 Å². The molecule has 1 atom stereocenters. The van der Waals surface area contributed by atoms with E-state index in [9.17, 15) is 0 Å². The van der Waals surface area contributed by atoms with Crippen LogP contribution in [0.1, 0.15) is 49.0 Å². The maximum absolute atomic E-state index is 3.50. The Balaban J connectivity index is 2.10. The Kier molecular flexibility index (Phi) is 4.21. The molecule has 1 aliphatic rings. The van der Waals surface area contributed by atoms with Crippen LogP contribution in [0, 0.1) is 0 Å². The first-order valence-corrected chi connectivity index (χ1v) is 7.06. The van der Waals surface area contributed by atoms with Crippen LogP contribution in [0.3, 0.4) is 0 Å². The first-order valence-electron chi connectivity index (χ1n) is 6.18. The van der Waals surface area contributed by atoms with Crippen LogP contribution in [-0.4, -0.2) is 13.1 Å². The van der Waals surface area contributed by atoms with Gasteiger partial charge in [0.1, 0.15) is 0 Å². The van der Waals surface area contributed by atoms with Crippen molar-refractivity contribution in [1.82, 2.24) is 5.32 Å². The van der Waals surface area contributed by atoms with Crippen LogP contribution in [-0.2, 0) is 6.42 Å². The van der Waals surface area contributed by atoms with Crippen LogP contribution in [0.15, 0.2) is 11.4 Å². The summed E-state index contributed by atoms with van der Waals surface area (Å²) in [4.78, 5) is 1.66. The highest BCUT2D eigenvalue weighted by atomic mass is 32.1. The van der Waals surface area contributed by atoms with E-state index < -0.39 is 0 Å². The van der Waals surface area contributed by atoms with Gasteiger partial charge in [0.05, 0.1) is 0 Å². The van der Waals surface area contributed by atoms with Crippen LogP contribution in [0.2, 0.25) is 0 Å². The van der Waals surface area contributed by atoms with Crippen molar-refractivity contribution in [2.75, 3.05) is 13.1 Å². The van der Waals surface area contributed by atoms with Crippen molar-refractivity contribution in [2.45, 2.75) is 44.9 Å². The smallest absolute Gasteiger partial charge is 0.0121 e. The van der Waals surface area contributed by atoms with Gasteiger partial charge in [0.2, 0.25) is 0 Å². The molecule has 0 aromatic carbocycles. The summed E-state index contributed by atoms with van der Waals surface area (Å²) in [7, 11) is 0. The van der Waals surface area contributed by atoms with Crippen LogP contribution >= 0.6 is 11.3 Å². The minimum absolute atomic E-state index is 0.778. The summed E-state index contributed by atoms with van der Waals surface area (Å²) >= 11 is 1.97. The predicted molar refractivity (Wildman–Crippen MR) is 67.8 cm³/mol. The molecule has 1 heterocycles. The van der Waals surface area contributed by atoms with Crippen LogP contribution < -0.4 is 5.32 Å². The highest BCUT2D eigenvalue weighted by molar-refractivity contribution is 7.10. The number of nitrogens with one attached hydrogen (secondary N) is 1. The van der Waals surface area contributed by atoms with Crippen molar-refractivity contribution in [1.29, 1.82) is 0 Å². The van der Waals surface area contributed by atoms with Gasteiger partial charge in [0.25, 0.3) is 0 Å². The molecule has 0 fully saturated rings.